The Morgan fingerprint density at radius 3 is 2.41 bits per heavy atom. The van der Waals surface area contributed by atoms with E-state index in [1.54, 1.807) is 4.90 Å². The van der Waals surface area contributed by atoms with Crippen molar-refractivity contribution in [1.82, 2.24) is 14.7 Å². The van der Waals surface area contributed by atoms with Gasteiger partial charge in [-0.05, 0) is 29.8 Å². The van der Waals surface area contributed by atoms with Gasteiger partial charge in [0.25, 0.3) is 0 Å². The molecule has 0 aliphatic rings. The number of aromatic nitrogens is 2. The first-order valence-electron chi connectivity index (χ1n) is 8.86. The zero-order valence-corrected chi connectivity index (χ0v) is 14.8. The second-order valence-corrected chi connectivity index (χ2v) is 6.24. The van der Waals surface area contributed by atoms with Crippen LogP contribution in [0.25, 0.3) is 5.65 Å². The standard InChI is InChI=1S/C22H20N4O/c27-22(24-15-18-9-3-1-4-10-18)26(19-11-5-2-6-12-19)17-20-16-23-21-13-7-8-14-25(20)21/h1-14,16H,15,17H2,(H,24,27). The molecule has 134 valence electrons. The van der Waals surface area contributed by atoms with Crippen molar-refractivity contribution in [2.45, 2.75) is 13.1 Å². The lowest BCUT2D eigenvalue weighted by Crippen LogP contribution is -2.39. The Balaban J connectivity index is 1.58. The first kappa shape index (κ1) is 16.8. The SMILES string of the molecule is O=C(NCc1ccccc1)N(Cc1cnc2ccccn12)c1ccccc1. The van der Waals surface area contributed by atoms with Gasteiger partial charge in [-0.15, -0.1) is 0 Å². The van der Waals surface area contributed by atoms with Gasteiger partial charge in [-0.1, -0.05) is 54.6 Å². The number of amides is 2. The lowest BCUT2D eigenvalue weighted by atomic mass is 10.2. The van der Waals surface area contributed by atoms with Crippen molar-refractivity contribution in [2.24, 2.45) is 0 Å². The maximum atomic E-state index is 13.0. The molecule has 4 aromatic rings. The van der Waals surface area contributed by atoms with Gasteiger partial charge < -0.3 is 9.72 Å². The molecule has 0 aliphatic carbocycles. The molecular weight excluding hydrogens is 336 g/mol. The molecule has 2 aromatic heterocycles. The number of benzene rings is 2. The second-order valence-electron chi connectivity index (χ2n) is 6.24. The van der Waals surface area contributed by atoms with E-state index in [1.807, 2.05) is 95.7 Å². The van der Waals surface area contributed by atoms with Crippen LogP contribution in [0.15, 0.2) is 91.3 Å². The monoisotopic (exact) mass is 356 g/mol. The second kappa shape index (κ2) is 7.74. The predicted octanol–water partition coefficient (Wildman–Crippen LogP) is 4.25. The summed E-state index contributed by atoms with van der Waals surface area (Å²) in [6.45, 7) is 0.909. The molecule has 4 rings (SSSR count). The van der Waals surface area contributed by atoms with Crippen LogP contribution in [-0.4, -0.2) is 15.4 Å². The molecule has 2 heterocycles. The third-order valence-electron chi connectivity index (χ3n) is 4.41. The quantitative estimate of drug-likeness (QED) is 0.581. The van der Waals surface area contributed by atoms with Gasteiger partial charge in [0, 0.05) is 18.4 Å². The summed E-state index contributed by atoms with van der Waals surface area (Å²) in [7, 11) is 0. The average Bonchev–Trinajstić information content (AvgIpc) is 3.14. The topological polar surface area (TPSA) is 49.6 Å². The number of anilines is 1. The van der Waals surface area contributed by atoms with Gasteiger partial charge in [0.1, 0.15) is 5.65 Å². The van der Waals surface area contributed by atoms with Gasteiger partial charge in [0.2, 0.25) is 0 Å². The summed E-state index contributed by atoms with van der Waals surface area (Å²) in [6.07, 6.45) is 3.78. The van der Waals surface area contributed by atoms with Crippen LogP contribution in [0, 0.1) is 0 Å². The Morgan fingerprint density at radius 1 is 0.926 bits per heavy atom. The van der Waals surface area contributed by atoms with Gasteiger partial charge >= 0.3 is 6.03 Å². The van der Waals surface area contributed by atoms with E-state index in [1.165, 1.54) is 0 Å². The average molecular weight is 356 g/mol. The summed E-state index contributed by atoms with van der Waals surface area (Å²) in [6, 6.07) is 25.3. The van der Waals surface area contributed by atoms with Crippen LogP contribution in [0.1, 0.15) is 11.3 Å². The first-order chi connectivity index (χ1) is 13.3. The van der Waals surface area contributed by atoms with E-state index < -0.39 is 0 Å². The van der Waals surface area contributed by atoms with Crippen LogP contribution in [-0.2, 0) is 13.1 Å². The molecule has 0 bridgehead atoms. The summed E-state index contributed by atoms with van der Waals surface area (Å²) in [4.78, 5) is 19.1. The Morgan fingerprint density at radius 2 is 1.63 bits per heavy atom. The summed E-state index contributed by atoms with van der Waals surface area (Å²) in [5.74, 6) is 0. The number of carbonyl (C=O) groups is 1. The van der Waals surface area contributed by atoms with Crippen LogP contribution >= 0.6 is 0 Å². The number of nitrogens with one attached hydrogen (secondary N) is 1. The number of carbonyl (C=O) groups excluding carboxylic acids is 1. The number of nitrogens with zero attached hydrogens (tertiary/aromatic N) is 3. The Labute approximate surface area is 157 Å². The van der Waals surface area contributed by atoms with E-state index in [4.69, 9.17) is 0 Å². The number of hydrogen-bond donors (Lipinski definition) is 1. The molecule has 0 saturated carbocycles. The fraction of sp³-hybridized carbons (Fsp3) is 0.0909. The molecule has 0 aliphatic heterocycles. The molecule has 2 aromatic carbocycles. The highest BCUT2D eigenvalue weighted by Gasteiger charge is 2.17. The summed E-state index contributed by atoms with van der Waals surface area (Å²) in [5.41, 5.74) is 3.72. The zero-order valence-electron chi connectivity index (χ0n) is 14.8. The number of para-hydroxylation sites is 1. The van der Waals surface area contributed by atoms with E-state index in [2.05, 4.69) is 10.3 Å². The third-order valence-corrected chi connectivity index (χ3v) is 4.41. The molecule has 0 unspecified atom stereocenters. The van der Waals surface area contributed by atoms with Crippen LogP contribution in [0.3, 0.4) is 0 Å². The van der Waals surface area contributed by atoms with Crippen molar-refractivity contribution in [1.29, 1.82) is 0 Å². The number of pyridine rings is 1. The van der Waals surface area contributed by atoms with Crippen LogP contribution in [0.5, 0.6) is 0 Å². The van der Waals surface area contributed by atoms with E-state index in [9.17, 15) is 4.79 Å². The Bertz CT molecular complexity index is 1030. The van der Waals surface area contributed by atoms with Crippen molar-refractivity contribution in [3.8, 4) is 0 Å². The minimum atomic E-state index is -0.143. The number of rotatable bonds is 5. The van der Waals surface area contributed by atoms with E-state index in [0.29, 0.717) is 13.1 Å². The largest absolute Gasteiger partial charge is 0.334 e. The molecule has 1 N–H and O–H groups in total. The van der Waals surface area contributed by atoms with Crippen LogP contribution < -0.4 is 10.2 Å². The molecule has 5 nitrogen and oxygen atoms in total. The Hall–Kier alpha value is -3.60. The number of urea groups is 1. The normalized spacial score (nSPS) is 10.7. The minimum Gasteiger partial charge on any atom is -0.334 e. The highest BCUT2D eigenvalue weighted by Crippen LogP contribution is 2.18. The van der Waals surface area contributed by atoms with Gasteiger partial charge in [0.15, 0.2) is 0 Å². The maximum Gasteiger partial charge on any atom is 0.322 e. The van der Waals surface area contributed by atoms with Gasteiger partial charge in [-0.25, -0.2) is 9.78 Å². The third kappa shape index (κ3) is 3.82. The van der Waals surface area contributed by atoms with E-state index >= 15 is 0 Å². The molecule has 0 spiro atoms. The van der Waals surface area contributed by atoms with Gasteiger partial charge in [-0.3, -0.25) is 4.90 Å². The fourth-order valence-corrected chi connectivity index (χ4v) is 3.02. The van der Waals surface area contributed by atoms with Crippen molar-refractivity contribution in [3.63, 3.8) is 0 Å². The molecule has 2 amide bonds. The van der Waals surface area contributed by atoms with Crippen molar-refractivity contribution in [2.75, 3.05) is 4.90 Å². The van der Waals surface area contributed by atoms with E-state index in [0.717, 1.165) is 22.6 Å². The van der Waals surface area contributed by atoms with Gasteiger partial charge in [-0.2, -0.15) is 0 Å². The molecule has 0 atom stereocenters. The van der Waals surface area contributed by atoms with Crippen molar-refractivity contribution in [3.05, 3.63) is 103 Å². The van der Waals surface area contributed by atoms with Crippen molar-refractivity contribution < 1.29 is 4.79 Å². The number of fused-ring (bicyclic) bond motifs is 1. The molecule has 0 radical (unpaired) electrons. The molecule has 0 fully saturated rings. The number of imidazole rings is 1. The lowest BCUT2D eigenvalue weighted by Gasteiger charge is -2.23. The molecule has 27 heavy (non-hydrogen) atoms. The molecule has 0 saturated heterocycles. The van der Waals surface area contributed by atoms with Crippen molar-refractivity contribution >= 4 is 17.4 Å². The smallest absolute Gasteiger partial charge is 0.322 e. The fourth-order valence-electron chi connectivity index (χ4n) is 3.02. The lowest BCUT2D eigenvalue weighted by molar-refractivity contribution is 0.245. The van der Waals surface area contributed by atoms with Crippen LogP contribution in [0.2, 0.25) is 0 Å². The highest BCUT2D eigenvalue weighted by atomic mass is 16.2. The molecular formula is C22H20N4O. The maximum absolute atomic E-state index is 13.0. The zero-order chi connectivity index (χ0) is 18.5. The van der Waals surface area contributed by atoms with Crippen LogP contribution in [0.4, 0.5) is 10.5 Å². The highest BCUT2D eigenvalue weighted by molar-refractivity contribution is 5.91. The Kier molecular flexibility index (Phi) is 4.83. The first-order valence-corrected chi connectivity index (χ1v) is 8.86. The minimum absolute atomic E-state index is 0.143. The summed E-state index contributed by atoms with van der Waals surface area (Å²) >= 11 is 0. The molecule has 5 heteroatoms. The van der Waals surface area contributed by atoms with Gasteiger partial charge in [0.05, 0.1) is 18.4 Å². The summed E-state index contributed by atoms with van der Waals surface area (Å²) < 4.78 is 2.00. The van der Waals surface area contributed by atoms with E-state index in [-0.39, 0.29) is 6.03 Å². The predicted molar refractivity (Wildman–Crippen MR) is 106 cm³/mol. The summed E-state index contributed by atoms with van der Waals surface area (Å²) in [5, 5.41) is 3.02. The number of hydrogen-bond acceptors (Lipinski definition) is 2.